The van der Waals surface area contributed by atoms with Crippen LogP contribution in [0.4, 0.5) is 0 Å². The Morgan fingerprint density at radius 2 is 2.00 bits per heavy atom. The van der Waals surface area contributed by atoms with Crippen molar-refractivity contribution in [3.8, 4) is 0 Å². The molecule has 0 fully saturated rings. The fraction of sp³-hybridized carbons (Fsp3) is 0.400. The van der Waals surface area contributed by atoms with Gasteiger partial charge in [0.1, 0.15) is 0 Å². The van der Waals surface area contributed by atoms with E-state index in [0.29, 0.717) is 13.2 Å². The van der Waals surface area contributed by atoms with E-state index in [1.807, 2.05) is 38.1 Å². The summed E-state index contributed by atoms with van der Waals surface area (Å²) < 4.78 is 5.41. The van der Waals surface area contributed by atoms with Gasteiger partial charge in [-0.15, -0.1) is 0 Å². The second-order valence-electron chi connectivity index (χ2n) is 4.96. The number of ether oxygens (including phenoxy) is 1. The molecule has 3 nitrogen and oxygen atoms in total. The summed E-state index contributed by atoms with van der Waals surface area (Å²) in [5.74, 6) is 0. The average molecular weight is 244 g/mol. The van der Waals surface area contributed by atoms with E-state index in [1.54, 1.807) is 0 Å². The topological polar surface area (TPSA) is 48.1 Å². The molecule has 0 spiro atoms. The third-order valence-corrected chi connectivity index (χ3v) is 2.88. The van der Waals surface area contributed by atoms with Gasteiger partial charge in [0.05, 0.1) is 12.1 Å². The number of hydrogen-bond acceptors (Lipinski definition) is 3. The maximum Gasteiger partial charge on any atom is 0.0705 e. The maximum absolute atomic E-state index is 6.21. The van der Waals surface area contributed by atoms with Crippen LogP contribution in [0.1, 0.15) is 19.5 Å². The van der Waals surface area contributed by atoms with Crippen LogP contribution in [0.2, 0.25) is 0 Å². The van der Waals surface area contributed by atoms with Crippen LogP contribution in [-0.4, -0.2) is 23.7 Å². The zero-order chi connectivity index (χ0) is 13.0. The first-order valence-electron chi connectivity index (χ1n) is 6.32. The van der Waals surface area contributed by atoms with Crippen LogP contribution in [0.5, 0.6) is 0 Å². The van der Waals surface area contributed by atoms with Crippen molar-refractivity contribution in [3.05, 3.63) is 42.1 Å². The van der Waals surface area contributed by atoms with Crippen LogP contribution in [0.25, 0.3) is 10.9 Å². The van der Waals surface area contributed by atoms with Gasteiger partial charge in [-0.1, -0.05) is 24.3 Å². The molecule has 96 valence electrons. The number of hydrogen-bond donors (Lipinski definition) is 1. The molecule has 0 saturated carbocycles. The summed E-state index contributed by atoms with van der Waals surface area (Å²) in [4.78, 5) is 4.63. The number of benzene rings is 1. The third-order valence-electron chi connectivity index (χ3n) is 2.88. The Labute approximate surface area is 108 Å². The highest BCUT2D eigenvalue weighted by atomic mass is 16.5. The zero-order valence-electron chi connectivity index (χ0n) is 11.0. The molecule has 0 aliphatic carbocycles. The highest BCUT2D eigenvalue weighted by molar-refractivity contribution is 5.78. The smallest absolute Gasteiger partial charge is 0.0705 e. The minimum absolute atomic E-state index is 0.370. The summed E-state index contributed by atoms with van der Waals surface area (Å²) in [5.41, 5.74) is 7.87. The number of nitrogens with zero attached hydrogens (tertiary/aromatic N) is 1. The summed E-state index contributed by atoms with van der Waals surface area (Å²) in [6, 6.07) is 12.2. The van der Waals surface area contributed by atoms with Gasteiger partial charge in [0.2, 0.25) is 0 Å². The van der Waals surface area contributed by atoms with E-state index in [4.69, 9.17) is 10.5 Å². The van der Waals surface area contributed by atoms with Crippen molar-refractivity contribution in [1.82, 2.24) is 4.98 Å². The van der Waals surface area contributed by atoms with Gasteiger partial charge in [-0.3, -0.25) is 4.98 Å². The molecule has 3 heteroatoms. The Hall–Kier alpha value is -1.45. The molecule has 1 unspecified atom stereocenters. The molecular formula is C15H20N2O. The molecule has 2 aromatic rings. The summed E-state index contributed by atoms with van der Waals surface area (Å²) in [6.45, 7) is 5.22. The van der Waals surface area contributed by atoms with E-state index in [1.165, 1.54) is 0 Å². The molecule has 1 aromatic heterocycles. The molecule has 1 atom stereocenters. The Morgan fingerprint density at radius 1 is 1.22 bits per heavy atom. The lowest BCUT2D eigenvalue weighted by molar-refractivity contribution is 0.101. The van der Waals surface area contributed by atoms with Gasteiger partial charge in [-0.2, -0.15) is 0 Å². The van der Waals surface area contributed by atoms with Crippen molar-refractivity contribution in [1.29, 1.82) is 0 Å². The van der Waals surface area contributed by atoms with E-state index in [2.05, 4.69) is 17.1 Å². The van der Waals surface area contributed by atoms with E-state index in [0.717, 1.165) is 23.0 Å². The van der Waals surface area contributed by atoms with E-state index >= 15 is 0 Å². The largest absolute Gasteiger partial charge is 0.380 e. The lowest BCUT2D eigenvalue weighted by atomic mass is 9.97. The molecule has 0 saturated heterocycles. The number of pyridine rings is 1. The Morgan fingerprint density at radius 3 is 2.78 bits per heavy atom. The molecule has 1 heterocycles. The van der Waals surface area contributed by atoms with Gasteiger partial charge in [-0.05, 0) is 26.0 Å². The normalized spacial score (nSPS) is 14.6. The lowest BCUT2D eigenvalue weighted by Gasteiger charge is -2.23. The minimum Gasteiger partial charge on any atom is -0.380 e. The minimum atomic E-state index is -0.370. The predicted molar refractivity (Wildman–Crippen MR) is 74.5 cm³/mol. The van der Waals surface area contributed by atoms with Crippen LogP contribution in [0.15, 0.2) is 36.4 Å². The van der Waals surface area contributed by atoms with Crippen molar-refractivity contribution in [2.45, 2.75) is 25.8 Å². The number of rotatable bonds is 5. The van der Waals surface area contributed by atoms with Gasteiger partial charge < -0.3 is 10.5 Å². The molecule has 0 amide bonds. The molecular weight excluding hydrogens is 224 g/mol. The molecule has 0 aliphatic rings. The summed E-state index contributed by atoms with van der Waals surface area (Å²) >= 11 is 0. The molecule has 2 N–H and O–H groups in total. The van der Waals surface area contributed by atoms with Crippen LogP contribution in [-0.2, 0) is 11.2 Å². The summed E-state index contributed by atoms with van der Waals surface area (Å²) in [7, 11) is 0. The fourth-order valence-electron chi connectivity index (χ4n) is 2.01. The number of nitrogens with two attached hydrogens (primary N) is 1. The summed E-state index contributed by atoms with van der Waals surface area (Å²) in [6.07, 6.45) is 0.720. The maximum atomic E-state index is 6.21. The lowest BCUT2D eigenvalue weighted by Crippen LogP contribution is -2.43. The Kier molecular flexibility index (Phi) is 3.94. The van der Waals surface area contributed by atoms with Crippen molar-refractivity contribution in [2.24, 2.45) is 5.73 Å². The SMILES string of the molecule is CCOCC(C)(N)Cc1ccc2ccccc2n1. The second kappa shape index (κ2) is 5.46. The molecule has 1 aromatic carbocycles. The van der Waals surface area contributed by atoms with Crippen molar-refractivity contribution in [2.75, 3.05) is 13.2 Å². The Bertz CT molecular complexity index is 523. The van der Waals surface area contributed by atoms with Gasteiger partial charge in [0.25, 0.3) is 0 Å². The average Bonchev–Trinajstić information content (AvgIpc) is 2.36. The van der Waals surface area contributed by atoms with Crippen molar-refractivity contribution in [3.63, 3.8) is 0 Å². The van der Waals surface area contributed by atoms with Gasteiger partial charge in [0, 0.05) is 29.6 Å². The van der Waals surface area contributed by atoms with Gasteiger partial charge in [0.15, 0.2) is 0 Å². The number of aromatic nitrogens is 1. The zero-order valence-corrected chi connectivity index (χ0v) is 11.0. The van der Waals surface area contributed by atoms with E-state index in [9.17, 15) is 0 Å². The number of para-hydroxylation sites is 1. The van der Waals surface area contributed by atoms with Gasteiger partial charge >= 0.3 is 0 Å². The summed E-state index contributed by atoms with van der Waals surface area (Å²) in [5, 5.41) is 1.16. The monoisotopic (exact) mass is 244 g/mol. The van der Waals surface area contributed by atoms with Crippen LogP contribution >= 0.6 is 0 Å². The molecule has 18 heavy (non-hydrogen) atoms. The molecule has 0 radical (unpaired) electrons. The highest BCUT2D eigenvalue weighted by Crippen LogP contribution is 2.15. The predicted octanol–water partition coefficient (Wildman–Crippen LogP) is 2.53. The molecule has 0 bridgehead atoms. The quantitative estimate of drug-likeness (QED) is 0.879. The van der Waals surface area contributed by atoms with E-state index < -0.39 is 0 Å². The fourth-order valence-corrected chi connectivity index (χ4v) is 2.01. The van der Waals surface area contributed by atoms with Gasteiger partial charge in [-0.25, -0.2) is 0 Å². The molecule has 2 rings (SSSR count). The third kappa shape index (κ3) is 3.28. The second-order valence-corrected chi connectivity index (χ2v) is 4.96. The first-order valence-corrected chi connectivity index (χ1v) is 6.32. The number of fused-ring (bicyclic) bond motifs is 1. The van der Waals surface area contributed by atoms with Crippen LogP contribution in [0.3, 0.4) is 0 Å². The first-order chi connectivity index (χ1) is 8.61. The highest BCUT2D eigenvalue weighted by Gasteiger charge is 2.20. The van der Waals surface area contributed by atoms with E-state index in [-0.39, 0.29) is 5.54 Å². The Balaban J connectivity index is 2.16. The van der Waals surface area contributed by atoms with Crippen molar-refractivity contribution < 1.29 is 4.74 Å². The first kappa shape index (κ1) is 13.0. The van der Waals surface area contributed by atoms with Crippen LogP contribution in [0, 0.1) is 0 Å². The standard InChI is InChI=1S/C15H20N2O/c1-3-18-11-15(2,16)10-13-9-8-12-6-4-5-7-14(12)17-13/h4-9H,3,10-11,16H2,1-2H3. The van der Waals surface area contributed by atoms with Crippen molar-refractivity contribution >= 4 is 10.9 Å². The van der Waals surface area contributed by atoms with Crippen LogP contribution < -0.4 is 5.73 Å². The molecule has 0 aliphatic heterocycles.